The van der Waals surface area contributed by atoms with Gasteiger partial charge in [0, 0.05) is 6.42 Å². The number of hydrogen-bond acceptors (Lipinski definition) is 7. The molecule has 0 heterocycles. The van der Waals surface area contributed by atoms with Crippen molar-refractivity contribution in [2.45, 2.75) is 76.6 Å². The summed E-state index contributed by atoms with van der Waals surface area (Å²) < 4.78 is 0. The Morgan fingerprint density at radius 2 is 1.47 bits per heavy atom. The highest BCUT2D eigenvalue weighted by Gasteiger charge is 2.28. The molecule has 0 saturated heterocycles. The second-order valence-corrected chi connectivity index (χ2v) is 6.83. The number of nitrogens with two attached hydrogens (primary N) is 1. The molecule has 0 aromatic carbocycles. The molecule has 0 bridgehead atoms. The Hall–Kier alpha value is -2.73. The zero-order chi connectivity index (χ0) is 23.3. The lowest BCUT2D eigenvalue weighted by atomic mass is 10.1. The Labute approximate surface area is 174 Å². The van der Waals surface area contributed by atoms with Crippen LogP contribution in [0.3, 0.4) is 0 Å². The van der Waals surface area contributed by atoms with Crippen molar-refractivity contribution in [3.05, 3.63) is 0 Å². The highest BCUT2D eigenvalue weighted by atomic mass is 16.4. The first-order valence-electron chi connectivity index (χ1n) is 9.77. The van der Waals surface area contributed by atoms with Crippen LogP contribution in [-0.4, -0.2) is 75.8 Å². The topological polar surface area (TPSA) is 208 Å². The van der Waals surface area contributed by atoms with Gasteiger partial charge in [-0.2, -0.15) is 0 Å². The van der Waals surface area contributed by atoms with Crippen molar-refractivity contribution in [3.63, 3.8) is 0 Å². The predicted octanol–water partition coefficient (Wildman–Crippen LogP) is -1.69. The number of rotatable bonds is 15. The Balaban J connectivity index is 4.99. The number of unbranched alkanes of at least 4 members (excludes halogenated alkanes) is 1. The highest BCUT2D eigenvalue weighted by Crippen LogP contribution is 2.04. The molecule has 30 heavy (non-hydrogen) atoms. The maximum atomic E-state index is 12.5. The van der Waals surface area contributed by atoms with Crippen molar-refractivity contribution >= 4 is 29.7 Å². The maximum absolute atomic E-state index is 12.5. The number of carbonyl (C=O) groups excluding carboxylic acids is 3. The molecule has 0 saturated carbocycles. The van der Waals surface area contributed by atoms with E-state index in [0.717, 1.165) is 0 Å². The van der Waals surface area contributed by atoms with Crippen LogP contribution in [0.1, 0.15) is 52.4 Å². The van der Waals surface area contributed by atoms with Gasteiger partial charge in [0.05, 0.1) is 0 Å². The molecule has 0 fully saturated rings. The van der Waals surface area contributed by atoms with Crippen LogP contribution in [-0.2, 0) is 24.0 Å². The summed E-state index contributed by atoms with van der Waals surface area (Å²) in [5.41, 5.74) is 5.43. The van der Waals surface area contributed by atoms with Gasteiger partial charge in [-0.3, -0.25) is 19.2 Å². The number of aliphatic carboxylic acids is 2. The van der Waals surface area contributed by atoms with Crippen LogP contribution in [0.5, 0.6) is 0 Å². The third-order valence-electron chi connectivity index (χ3n) is 4.28. The minimum Gasteiger partial charge on any atom is -0.481 e. The first-order valence-corrected chi connectivity index (χ1v) is 9.77. The van der Waals surface area contributed by atoms with E-state index in [2.05, 4.69) is 16.0 Å². The van der Waals surface area contributed by atoms with Gasteiger partial charge in [-0.1, -0.05) is 6.92 Å². The van der Waals surface area contributed by atoms with Crippen molar-refractivity contribution in [2.75, 3.05) is 6.54 Å². The summed E-state index contributed by atoms with van der Waals surface area (Å²) in [6.45, 7) is 3.32. The Kier molecular flexibility index (Phi) is 13.0. The van der Waals surface area contributed by atoms with Crippen molar-refractivity contribution in [3.8, 4) is 0 Å². The smallest absolute Gasteiger partial charge is 0.326 e. The molecular formula is C18H32N4O8. The van der Waals surface area contributed by atoms with Gasteiger partial charge in [-0.05, 0) is 45.6 Å². The van der Waals surface area contributed by atoms with E-state index in [1.807, 2.05) is 0 Å². The zero-order valence-corrected chi connectivity index (χ0v) is 17.2. The van der Waals surface area contributed by atoms with Crippen molar-refractivity contribution in [1.29, 1.82) is 0 Å². The molecule has 0 aromatic heterocycles. The molecule has 4 atom stereocenters. The largest absolute Gasteiger partial charge is 0.481 e. The number of carboxylic acids is 2. The minimum absolute atomic E-state index is 0.161. The molecule has 8 N–H and O–H groups in total. The molecular weight excluding hydrogens is 400 g/mol. The monoisotopic (exact) mass is 432 g/mol. The number of carbonyl (C=O) groups is 5. The number of hydrogen-bond donors (Lipinski definition) is 7. The molecule has 0 aliphatic rings. The average molecular weight is 432 g/mol. The van der Waals surface area contributed by atoms with Crippen molar-refractivity contribution < 1.29 is 39.3 Å². The summed E-state index contributed by atoms with van der Waals surface area (Å²) in [5.74, 6) is -4.82. The molecule has 12 heteroatoms. The molecule has 12 nitrogen and oxygen atoms in total. The fourth-order valence-corrected chi connectivity index (χ4v) is 2.42. The molecule has 0 radical (unpaired) electrons. The van der Waals surface area contributed by atoms with Crippen LogP contribution in [0.15, 0.2) is 0 Å². The predicted molar refractivity (Wildman–Crippen MR) is 105 cm³/mol. The third-order valence-corrected chi connectivity index (χ3v) is 4.28. The average Bonchev–Trinajstić information content (AvgIpc) is 2.68. The van der Waals surface area contributed by atoms with Gasteiger partial charge in [0.25, 0.3) is 0 Å². The van der Waals surface area contributed by atoms with E-state index >= 15 is 0 Å². The van der Waals surface area contributed by atoms with Gasteiger partial charge in [-0.15, -0.1) is 0 Å². The molecule has 172 valence electrons. The van der Waals surface area contributed by atoms with Crippen molar-refractivity contribution in [1.82, 2.24) is 16.0 Å². The molecule has 0 aromatic rings. The lowest BCUT2D eigenvalue weighted by Crippen LogP contribution is -2.55. The summed E-state index contributed by atoms with van der Waals surface area (Å²) in [5, 5.41) is 34.4. The summed E-state index contributed by atoms with van der Waals surface area (Å²) in [4.78, 5) is 58.5. The van der Waals surface area contributed by atoms with Crippen LogP contribution in [0, 0.1) is 0 Å². The summed E-state index contributed by atoms with van der Waals surface area (Å²) in [6, 6.07) is -3.58. The van der Waals surface area contributed by atoms with E-state index in [4.69, 9.17) is 15.9 Å². The molecule has 0 aliphatic heterocycles. The Morgan fingerprint density at radius 1 is 0.867 bits per heavy atom. The highest BCUT2D eigenvalue weighted by molar-refractivity contribution is 5.93. The Bertz CT molecular complexity index is 613. The Morgan fingerprint density at radius 3 is 1.97 bits per heavy atom. The third kappa shape index (κ3) is 10.7. The summed E-state index contributed by atoms with van der Waals surface area (Å²) in [7, 11) is 0. The van der Waals surface area contributed by atoms with E-state index in [1.165, 1.54) is 6.92 Å². The zero-order valence-electron chi connectivity index (χ0n) is 17.2. The van der Waals surface area contributed by atoms with E-state index in [1.54, 1.807) is 6.92 Å². The lowest BCUT2D eigenvalue weighted by molar-refractivity contribution is -0.143. The molecule has 3 amide bonds. The van der Waals surface area contributed by atoms with Crippen LogP contribution < -0.4 is 21.7 Å². The maximum Gasteiger partial charge on any atom is 0.326 e. The second-order valence-electron chi connectivity index (χ2n) is 6.83. The van der Waals surface area contributed by atoms with Gasteiger partial charge in [-0.25, -0.2) is 4.79 Å². The number of aliphatic hydroxyl groups excluding tert-OH is 1. The fourth-order valence-electron chi connectivity index (χ4n) is 2.42. The van der Waals surface area contributed by atoms with E-state index in [0.29, 0.717) is 19.4 Å². The summed E-state index contributed by atoms with van der Waals surface area (Å²) in [6.07, 6.45) is -0.522. The molecule has 0 spiro atoms. The normalized spacial score (nSPS) is 14.7. The van der Waals surface area contributed by atoms with E-state index in [9.17, 15) is 29.1 Å². The molecule has 0 rings (SSSR count). The van der Waals surface area contributed by atoms with E-state index < -0.39 is 60.3 Å². The van der Waals surface area contributed by atoms with Crippen LogP contribution >= 0.6 is 0 Å². The minimum atomic E-state index is -1.42. The number of amides is 3. The molecule has 1 unspecified atom stereocenters. The van der Waals surface area contributed by atoms with Crippen LogP contribution in [0.2, 0.25) is 0 Å². The standard InChI is InChI=1S/C18H32N4O8/c1-3-13(23)17(28)21-11(6-4-5-9-19)16(27)20-10(2)15(26)22-12(18(29)30)7-8-14(24)25/h10-13,23H,3-9,19H2,1-2H3,(H,20,27)(H,21,28)(H,22,26)(H,24,25)(H,29,30)/t10-,11-,12-,13?/m0/s1. The molecule has 0 aliphatic carbocycles. The number of nitrogens with one attached hydrogen (secondary N) is 3. The van der Waals surface area contributed by atoms with Crippen LogP contribution in [0.25, 0.3) is 0 Å². The second kappa shape index (κ2) is 14.3. The quantitative estimate of drug-likeness (QED) is 0.147. The van der Waals surface area contributed by atoms with E-state index in [-0.39, 0.29) is 19.3 Å². The summed E-state index contributed by atoms with van der Waals surface area (Å²) >= 11 is 0. The number of aliphatic hydroxyl groups is 1. The lowest BCUT2D eigenvalue weighted by Gasteiger charge is -2.23. The first-order chi connectivity index (χ1) is 14.0. The van der Waals surface area contributed by atoms with Gasteiger partial charge < -0.3 is 37.0 Å². The van der Waals surface area contributed by atoms with Gasteiger partial charge in [0.2, 0.25) is 17.7 Å². The number of carboxylic acid groups (broad SMARTS) is 2. The van der Waals surface area contributed by atoms with Crippen LogP contribution in [0.4, 0.5) is 0 Å². The van der Waals surface area contributed by atoms with Gasteiger partial charge >= 0.3 is 11.9 Å². The SMILES string of the molecule is CCC(O)C(=O)N[C@@H](CCCCN)C(=O)N[C@@H](C)C(=O)N[C@@H](CCC(=O)O)C(=O)O. The van der Waals surface area contributed by atoms with Crippen molar-refractivity contribution in [2.24, 2.45) is 5.73 Å². The first kappa shape index (κ1) is 27.3. The van der Waals surface area contributed by atoms with Gasteiger partial charge in [0.15, 0.2) is 0 Å². The van der Waals surface area contributed by atoms with Gasteiger partial charge in [0.1, 0.15) is 24.2 Å². The fraction of sp³-hybridized carbons (Fsp3) is 0.722.